The molecule has 0 fully saturated rings. The van der Waals surface area contributed by atoms with Gasteiger partial charge in [0.25, 0.3) is 0 Å². The molecule has 21 heavy (non-hydrogen) atoms. The maximum Gasteiger partial charge on any atom is 0.126 e. The van der Waals surface area contributed by atoms with Gasteiger partial charge in [-0.2, -0.15) is 0 Å². The van der Waals surface area contributed by atoms with E-state index >= 15 is 0 Å². The van der Waals surface area contributed by atoms with Crippen molar-refractivity contribution in [1.82, 2.24) is 14.5 Å². The summed E-state index contributed by atoms with van der Waals surface area (Å²) in [6.45, 7) is 8.02. The predicted molar refractivity (Wildman–Crippen MR) is 86.7 cm³/mol. The molecule has 3 aromatic rings. The van der Waals surface area contributed by atoms with Gasteiger partial charge in [0, 0.05) is 19.3 Å². The van der Waals surface area contributed by atoms with E-state index in [2.05, 4.69) is 58.8 Å². The number of aryl methyl sites for hydroxylation is 2. The van der Waals surface area contributed by atoms with Crippen LogP contribution in [0, 0.1) is 13.8 Å². The van der Waals surface area contributed by atoms with E-state index in [9.17, 15) is 0 Å². The number of hydrogen-bond donors (Lipinski definition) is 1. The molecule has 4 heteroatoms. The fourth-order valence-electron chi connectivity index (χ4n) is 2.49. The van der Waals surface area contributed by atoms with Crippen molar-refractivity contribution in [2.75, 3.05) is 11.9 Å². The van der Waals surface area contributed by atoms with Gasteiger partial charge < -0.3 is 9.88 Å². The van der Waals surface area contributed by atoms with E-state index in [1.807, 2.05) is 18.6 Å². The van der Waals surface area contributed by atoms with Crippen molar-refractivity contribution in [2.24, 2.45) is 0 Å². The Labute approximate surface area is 124 Å². The number of anilines is 1. The summed E-state index contributed by atoms with van der Waals surface area (Å²) in [5.41, 5.74) is 6.04. The number of hydrogen-bond acceptors (Lipinski definition) is 3. The lowest BCUT2D eigenvalue weighted by atomic mass is 10.1. The molecule has 1 N–H and O–H groups in total. The Morgan fingerprint density at radius 3 is 2.71 bits per heavy atom. The third-order valence-electron chi connectivity index (χ3n) is 3.77. The largest absolute Gasteiger partial charge is 0.370 e. The maximum atomic E-state index is 4.51. The van der Waals surface area contributed by atoms with Crippen LogP contribution in [0.1, 0.15) is 23.6 Å². The van der Waals surface area contributed by atoms with Gasteiger partial charge in [0.05, 0.1) is 17.4 Å². The third-order valence-corrected chi connectivity index (χ3v) is 3.77. The van der Waals surface area contributed by atoms with E-state index in [1.165, 1.54) is 22.2 Å². The molecule has 4 nitrogen and oxygen atoms in total. The molecule has 108 valence electrons. The molecule has 2 aromatic heterocycles. The quantitative estimate of drug-likeness (QED) is 0.795. The van der Waals surface area contributed by atoms with Crippen molar-refractivity contribution >= 4 is 16.9 Å². The van der Waals surface area contributed by atoms with Crippen molar-refractivity contribution in [1.29, 1.82) is 0 Å². The highest BCUT2D eigenvalue weighted by Crippen LogP contribution is 2.19. The summed E-state index contributed by atoms with van der Waals surface area (Å²) < 4.78 is 2.19. The molecule has 0 aliphatic heterocycles. The first-order valence-electron chi connectivity index (χ1n) is 7.28. The van der Waals surface area contributed by atoms with Crippen molar-refractivity contribution in [3.05, 3.63) is 53.5 Å². The van der Waals surface area contributed by atoms with Crippen molar-refractivity contribution < 1.29 is 0 Å². The molecule has 0 bridgehead atoms. The van der Waals surface area contributed by atoms with Gasteiger partial charge in [0.1, 0.15) is 5.82 Å². The lowest BCUT2D eigenvalue weighted by Gasteiger charge is -2.08. The topological polar surface area (TPSA) is 42.7 Å². The highest BCUT2D eigenvalue weighted by Gasteiger charge is 2.06. The summed E-state index contributed by atoms with van der Waals surface area (Å²) in [4.78, 5) is 8.82. The average molecular weight is 280 g/mol. The average Bonchev–Trinajstić information content (AvgIpc) is 2.83. The predicted octanol–water partition coefficient (Wildman–Crippen LogP) is 3.53. The number of imidazole rings is 1. The summed E-state index contributed by atoms with van der Waals surface area (Å²) in [5.74, 6) is 0.923. The smallest absolute Gasteiger partial charge is 0.126 e. The number of rotatable bonds is 4. The van der Waals surface area contributed by atoms with E-state index in [1.54, 1.807) is 0 Å². The van der Waals surface area contributed by atoms with Crippen LogP contribution in [0.5, 0.6) is 0 Å². The van der Waals surface area contributed by atoms with Crippen molar-refractivity contribution in [2.45, 2.75) is 27.3 Å². The van der Waals surface area contributed by atoms with E-state index in [4.69, 9.17) is 0 Å². The molecule has 0 atom stereocenters. The van der Waals surface area contributed by atoms with Gasteiger partial charge in [-0.15, -0.1) is 0 Å². The zero-order chi connectivity index (χ0) is 14.8. The van der Waals surface area contributed by atoms with Gasteiger partial charge in [0.15, 0.2) is 0 Å². The van der Waals surface area contributed by atoms with Crippen LogP contribution >= 0.6 is 0 Å². The zero-order valence-electron chi connectivity index (χ0n) is 12.7. The molecule has 0 saturated carbocycles. The van der Waals surface area contributed by atoms with E-state index in [-0.39, 0.29) is 0 Å². The highest BCUT2D eigenvalue weighted by atomic mass is 15.0. The third kappa shape index (κ3) is 2.75. The Morgan fingerprint density at radius 1 is 1.10 bits per heavy atom. The van der Waals surface area contributed by atoms with E-state index < -0.39 is 0 Å². The van der Waals surface area contributed by atoms with Crippen LogP contribution in [0.15, 0.2) is 36.8 Å². The summed E-state index contributed by atoms with van der Waals surface area (Å²) >= 11 is 0. The Hall–Kier alpha value is -2.36. The van der Waals surface area contributed by atoms with Crippen LogP contribution in [0.3, 0.4) is 0 Å². The second kappa shape index (κ2) is 5.56. The van der Waals surface area contributed by atoms with Gasteiger partial charge in [-0.1, -0.05) is 0 Å². The summed E-state index contributed by atoms with van der Waals surface area (Å²) in [7, 11) is 0. The summed E-state index contributed by atoms with van der Waals surface area (Å²) in [6.07, 6.45) is 3.76. The fraction of sp³-hybridized carbons (Fsp3) is 0.294. The number of aromatic nitrogens is 3. The standard InChI is InChI=1S/C17H20N4/c1-4-18-17-9-14(5-6-19-17)10-21-11-20-15-7-12(2)13(3)8-16(15)21/h5-9,11H,4,10H2,1-3H3,(H,18,19). The van der Waals surface area contributed by atoms with Gasteiger partial charge in [-0.3, -0.25) is 0 Å². The monoisotopic (exact) mass is 280 g/mol. The molecule has 0 radical (unpaired) electrons. The molecule has 0 amide bonds. The first-order valence-corrected chi connectivity index (χ1v) is 7.28. The van der Waals surface area contributed by atoms with Gasteiger partial charge in [0.2, 0.25) is 0 Å². The number of benzene rings is 1. The first-order chi connectivity index (χ1) is 10.2. The minimum atomic E-state index is 0.805. The van der Waals surface area contributed by atoms with Crippen molar-refractivity contribution in [3.63, 3.8) is 0 Å². The summed E-state index contributed by atoms with van der Waals surface area (Å²) in [6, 6.07) is 8.51. The molecule has 2 heterocycles. The number of nitrogens with one attached hydrogen (secondary N) is 1. The van der Waals surface area contributed by atoms with Gasteiger partial charge in [-0.05, 0) is 61.7 Å². The second-order valence-electron chi connectivity index (χ2n) is 5.38. The van der Waals surface area contributed by atoms with Crippen LogP contribution in [0.2, 0.25) is 0 Å². The Balaban J connectivity index is 1.94. The molecule has 1 aromatic carbocycles. The lowest BCUT2D eigenvalue weighted by Crippen LogP contribution is -2.02. The minimum absolute atomic E-state index is 0.805. The zero-order valence-corrected chi connectivity index (χ0v) is 12.7. The molecular weight excluding hydrogens is 260 g/mol. The molecule has 0 aliphatic carbocycles. The Morgan fingerprint density at radius 2 is 1.90 bits per heavy atom. The van der Waals surface area contributed by atoms with Crippen LogP contribution in [0.25, 0.3) is 11.0 Å². The normalized spacial score (nSPS) is 11.0. The van der Waals surface area contributed by atoms with Crippen LogP contribution in [-0.4, -0.2) is 21.1 Å². The summed E-state index contributed by atoms with van der Waals surface area (Å²) in [5, 5.41) is 3.25. The fourth-order valence-corrected chi connectivity index (χ4v) is 2.49. The highest BCUT2D eigenvalue weighted by molar-refractivity contribution is 5.77. The maximum absolute atomic E-state index is 4.51. The second-order valence-corrected chi connectivity index (χ2v) is 5.38. The van der Waals surface area contributed by atoms with Gasteiger partial charge >= 0.3 is 0 Å². The van der Waals surface area contributed by atoms with E-state index in [0.717, 1.165) is 24.4 Å². The molecule has 3 rings (SSSR count). The van der Waals surface area contributed by atoms with Crippen molar-refractivity contribution in [3.8, 4) is 0 Å². The number of nitrogens with zero attached hydrogens (tertiary/aromatic N) is 3. The molecule has 0 saturated heterocycles. The number of fused-ring (bicyclic) bond motifs is 1. The molecular formula is C17H20N4. The lowest BCUT2D eigenvalue weighted by molar-refractivity contribution is 0.822. The van der Waals surface area contributed by atoms with Gasteiger partial charge in [-0.25, -0.2) is 9.97 Å². The Bertz CT molecular complexity index is 774. The van der Waals surface area contributed by atoms with Crippen LogP contribution in [0.4, 0.5) is 5.82 Å². The molecule has 0 aliphatic rings. The molecule has 0 spiro atoms. The SMILES string of the molecule is CCNc1cc(Cn2cnc3cc(C)c(C)cc32)ccn1. The van der Waals surface area contributed by atoms with Crippen LogP contribution in [-0.2, 0) is 6.54 Å². The minimum Gasteiger partial charge on any atom is -0.370 e. The van der Waals surface area contributed by atoms with E-state index in [0.29, 0.717) is 0 Å². The Kier molecular flexibility index (Phi) is 3.60. The number of pyridine rings is 1. The first kappa shape index (κ1) is 13.6. The van der Waals surface area contributed by atoms with Crippen LogP contribution < -0.4 is 5.32 Å². The molecule has 0 unspecified atom stereocenters.